The van der Waals surface area contributed by atoms with Crippen LogP contribution in [0.4, 0.5) is 0 Å². The molecule has 12 atom stereocenters. The number of hydrogen-bond donors (Lipinski definition) is 4. The Kier molecular flexibility index (Phi) is 7.78. The standard InChI is InChI=1S/C29H49NO7S/c1-17(6-9-26(34)30-12-4-5-19(30)16-38(35,36)37)21-7-8-22-27-23(15-25(33)29(21,22)3)28(2)11-10-20(31)13-18(28)14-24(27)32/h17-25,27,31-33H,4-16H2,1-3H3,(H,35,36,37)/t17-,18+,19+,20-,21-,22+,23+,24-,25+,27+,28+,29-/m1/s1. The van der Waals surface area contributed by atoms with Crippen LogP contribution in [-0.4, -0.2) is 75.7 Å². The molecular weight excluding hydrogens is 506 g/mol. The van der Waals surface area contributed by atoms with Crippen LogP contribution in [0.1, 0.15) is 91.4 Å². The molecule has 4 N–H and O–H groups in total. The molecule has 0 radical (unpaired) electrons. The lowest BCUT2D eigenvalue weighted by Gasteiger charge is -2.63. The molecule has 5 fully saturated rings. The Hall–Kier alpha value is -0.740. The van der Waals surface area contributed by atoms with Crippen molar-refractivity contribution in [1.82, 2.24) is 4.90 Å². The average Bonchev–Trinajstić information content (AvgIpc) is 3.43. The molecule has 1 aliphatic heterocycles. The van der Waals surface area contributed by atoms with E-state index in [1.54, 1.807) is 4.90 Å². The molecule has 38 heavy (non-hydrogen) atoms. The lowest BCUT2D eigenvalue weighted by molar-refractivity contribution is -0.207. The summed E-state index contributed by atoms with van der Waals surface area (Å²) in [5.41, 5.74) is -0.251. The highest BCUT2D eigenvalue weighted by atomic mass is 32.2. The fourth-order valence-electron chi connectivity index (χ4n) is 10.4. The van der Waals surface area contributed by atoms with E-state index < -0.39 is 34.1 Å². The summed E-state index contributed by atoms with van der Waals surface area (Å²) in [6, 6.07) is -0.447. The Balaban J connectivity index is 1.27. The van der Waals surface area contributed by atoms with Crippen molar-refractivity contribution in [1.29, 1.82) is 0 Å². The predicted molar refractivity (Wildman–Crippen MR) is 144 cm³/mol. The molecule has 1 heterocycles. The highest BCUT2D eigenvalue weighted by molar-refractivity contribution is 7.85. The largest absolute Gasteiger partial charge is 0.393 e. The van der Waals surface area contributed by atoms with Crippen LogP contribution in [0.2, 0.25) is 0 Å². The smallest absolute Gasteiger partial charge is 0.266 e. The van der Waals surface area contributed by atoms with Gasteiger partial charge in [0.1, 0.15) is 0 Å². The Labute approximate surface area is 228 Å². The van der Waals surface area contributed by atoms with Crippen LogP contribution >= 0.6 is 0 Å². The van der Waals surface area contributed by atoms with Crippen molar-refractivity contribution in [3.8, 4) is 0 Å². The first kappa shape index (κ1) is 28.8. The van der Waals surface area contributed by atoms with Gasteiger partial charge in [0.05, 0.1) is 24.1 Å². The predicted octanol–water partition coefficient (Wildman–Crippen LogP) is 3.24. The van der Waals surface area contributed by atoms with Gasteiger partial charge in [0.25, 0.3) is 10.1 Å². The van der Waals surface area contributed by atoms with Crippen LogP contribution in [0.3, 0.4) is 0 Å². The van der Waals surface area contributed by atoms with Crippen molar-refractivity contribution in [3.05, 3.63) is 0 Å². The Bertz CT molecular complexity index is 1000. The summed E-state index contributed by atoms with van der Waals surface area (Å²) in [6.07, 6.45) is 7.17. The first-order valence-electron chi connectivity index (χ1n) is 15.0. The molecular formula is C29H49NO7S. The third-order valence-electron chi connectivity index (χ3n) is 12.4. The lowest BCUT2D eigenvalue weighted by Crippen LogP contribution is -2.62. The van der Waals surface area contributed by atoms with E-state index in [1.165, 1.54) is 0 Å². The summed E-state index contributed by atoms with van der Waals surface area (Å²) < 4.78 is 32.1. The Morgan fingerprint density at radius 2 is 1.76 bits per heavy atom. The SMILES string of the molecule is C[C@H](CCC(=O)N1CCC[C@H]1CS(=O)(=O)O)[C@H]1CC[C@H]2[C@@H]3[C@H](O)C[C@@H]4C[C@H](O)CC[C@]4(C)[C@H]3C[C@H](O)[C@]12C. The number of carbonyl (C=O) groups is 1. The van der Waals surface area contributed by atoms with Crippen LogP contribution in [0.5, 0.6) is 0 Å². The molecule has 0 spiro atoms. The number of fused-ring (bicyclic) bond motifs is 5. The number of nitrogens with zero attached hydrogens (tertiary/aromatic N) is 1. The first-order chi connectivity index (χ1) is 17.8. The van der Waals surface area contributed by atoms with E-state index in [4.69, 9.17) is 0 Å². The van der Waals surface area contributed by atoms with Gasteiger partial charge < -0.3 is 20.2 Å². The van der Waals surface area contributed by atoms with Gasteiger partial charge in [-0.2, -0.15) is 8.42 Å². The summed E-state index contributed by atoms with van der Waals surface area (Å²) in [7, 11) is -4.13. The molecule has 1 saturated heterocycles. The molecule has 0 aromatic rings. The molecule has 9 heteroatoms. The zero-order valence-corrected chi connectivity index (χ0v) is 24.2. The first-order valence-corrected chi connectivity index (χ1v) is 16.7. The van der Waals surface area contributed by atoms with E-state index >= 15 is 0 Å². The maximum atomic E-state index is 13.1. The highest BCUT2D eigenvalue weighted by Gasteiger charge is 2.65. The Morgan fingerprint density at radius 1 is 1.03 bits per heavy atom. The molecule has 0 bridgehead atoms. The van der Waals surface area contributed by atoms with E-state index in [9.17, 15) is 33.1 Å². The molecule has 5 rings (SSSR count). The van der Waals surface area contributed by atoms with Crippen LogP contribution in [0.25, 0.3) is 0 Å². The van der Waals surface area contributed by atoms with E-state index in [0.717, 1.165) is 44.9 Å². The number of hydrogen-bond acceptors (Lipinski definition) is 6. The second-order valence-corrected chi connectivity index (χ2v) is 15.7. The van der Waals surface area contributed by atoms with Crippen molar-refractivity contribution in [2.24, 2.45) is 46.3 Å². The third kappa shape index (κ3) is 4.86. The molecule has 4 aliphatic carbocycles. The normalized spacial score (nSPS) is 47.8. The number of aliphatic hydroxyl groups is 3. The molecule has 0 aromatic carbocycles. The zero-order chi connectivity index (χ0) is 27.6. The number of rotatable bonds is 6. The van der Waals surface area contributed by atoms with Crippen molar-refractivity contribution in [3.63, 3.8) is 0 Å². The van der Waals surface area contributed by atoms with E-state index in [0.29, 0.717) is 38.1 Å². The fourth-order valence-corrected chi connectivity index (χ4v) is 11.2. The van der Waals surface area contributed by atoms with Crippen molar-refractivity contribution >= 4 is 16.0 Å². The van der Waals surface area contributed by atoms with Gasteiger partial charge in [-0.15, -0.1) is 0 Å². The molecule has 4 saturated carbocycles. The third-order valence-corrected chi connectivity index (χ3v) is 13.2. The maximum Gasteiger partial charge on any atom is 0.266 e. The topological polar surface area (TPSA) is 135 Å². The van der Waals surface area contributed by atoms with Gasteiger partial charge in [-0.25, -0.2) is 0 Å². The minimum absolute atomic E-state index is 0.0480. The van der Waals surface area contributed by atoms with Gasteiger partial charge in [0.15, 0.2) is 0 Å². The average molecular weight is 556 g/mol. The molecule has 0 aromatic heterocycles. The fraction of sp³-hybridized carbons (Fsp3) is 0.966. The van der Waals surface area contributed by atoms with Crippen LogP contribution < -0.4 is 0 Å². The van der Waals surface area contributed by atoms with Gasteiger partial charge >= 0.3 is 0 Å². The molecule has 5 aliphatic rings. The summed E-state index contributed by atoms with van der Waals surface area (Å²) in [5, 5.41) is 33.5. The maximum absolute atomic E-state index is 13.1. The number of likely N-dealkylation sites (tertiary alicyclic amines) is 1. The second-order valence-electron chi connectivity index (χ2n) is 14.2. The van der Waals surface area contributed by atoms with Crippen molar-refractivity contribution in [2.75, 3.05) is 12.3 Å². The van der Waals surface area contributed by atoms with Gasteiger partial charge in [0.2, 0.25) is 5.91 Å². The molecule has 0 unspecified atom stereocenters. The zero-order valence-electron chi connectivity index (χ0n) is 23.3. The van der Waals surface area contributed by atoms with Crippen LogP contribution in [-0.2, 0) is 14.9 Å². The van der Waals surface area contributed by atoms with E-state index in [1.807, 2.05) is 0 Å². The number of aliphatic hydroxyl groups excluding tert-OH is 3. The van der Waals surface area contributed by atoms with Crippen molar-refractivity contribution in [2.45, 2.75) is 116 Å². The molecule has 8 nitrogen and oxygen atoms in total. The summed E-state index contributed by atoms with van der Waals surface area (Å²) in [5.74, 6) is 1.02. The Morgan fingerprint density at radius 3 is 2.47 bits per heavy atom. The monoisotopic (exact) mass is 555 g/mol. The van der Waals surface area contributed by atoms with E-state index in [2.05, 4.69) is 20.8 Å². The summed E-state index contributed by atoms with van der Waals surface area (Å²) in [6.45, 7) is 7.29. The lowest BCUT2D eigenvalue weighted by atomic mass is 9.43. The van der Waals surface area contributed by atoms with Gasteiger partial charge in [0, 0.05) is 19.0 Å². The van der Waals surface area contributed by atoms with Crippen LogP contribution in [0, 0.1) is 46.3 Å². The molecule has 218 valence electrons. The van der Waals surface area contributed by atoms with E-state index in [-0.39, 0.29) is 52.4 Å². The minimum Gasteiger partial charge on any atom is -0.393 e. The van der Waals surface area contributed by atoms with Gasteiger partial charge in [-0.3, -0.25) is 9.35 Å². The number of amides is 1. The van der Waals surface area contributed by atoms with Crippen molar-refractivity contribution < 1.29 is 33.1 Å². The summed E-state index contributed by atoms with van der Waals surface area (Å²) >= 11 is 0. The van der Waals surface area contributed by atoms with Gasteiger partial charge in [-0.05, 0) is 111 Å². The highest BCUT2D eigenvalue weighted by Crippen LogP contribution is 2.68. The quantitative estimate of drug-likeness (QED) is 0.370. The minimum atomic E-state index is -4.13. The van der Waals surface area contributed by atoms with Crippen LogP contribution in [0.15, 0.2) is 0 Å². The number of carbonyl (C=O) groups excluding carboxylic acids is 1. The second kappa shape index (κ2) is 10.3. The molecule has 1 amide bonds. The van der Waals surface area contributed by atoms with Gasteiger partial charge in [-0.1, -0.05) is 20.8 Å². The summed E-state index contributed by atoms with van der Waals surface area (Å²) in [4.78, 5) is 14.7.